The summed E-state index contributed by atoms with van der Waals surface area (Å²) < 4.78 is 33.6. The molecule has 0 spiro atoms. The van der Waals surface area contributed by atoms with Crippen molar-refractivity contribution in [3.8, 4) is 0 Å². The molecule has 0 aliphatic heterocycles. The van der Waals surface area contributed by atoms with Crippen LogP contribution in [0.15, 0.2) is 23.1 Å². The molecule has 0 saturated carbocycles. The Morgan fingerprint density at radius 2 is 1.97 bits per heavy atom. The predicted molar refractivity (Wildman–Crippen MR) is 127 cm³/mol. The first-order valence-corrected chi connectivity index (χ1v) is 12.7. The summed E-state index contributed by atoms with van der Waals surface area (Å²) in [6, 6.07) is 5.08. The molecule has 1 aromatic heterocycles. The van der Waals surface area contributed by atoms with E-state index >= 15 is 0 Å². The highest BCUT2D eigenvalue weighted by molar-refractivity contribution is 7.89. The number of imidazole rings is 1. The van der Waals surface area contributed by atoms with Crippen molar-refractivity contribution in [3.05, 3.63) is 24.0 Å². The van der Waals surface area contributed by atoms with E-state index in [9.17, 15) is 13.2 Å². The Balaban J connectivity index is 2.31. The minimum atomic E-state index is -3.53. The van der Waals surface area contributed by atoms with Crippen molar-refractivity contribution >= 4 is 27.0 Å². The number of aromatic nitrogens is 2. The highest BCUT2D eigenvalue weighted by Crippen LogP contribution is 2.23. The highest BCUT2D eigenvalue weighted by atomic mass is 32.2. The molecule has 2 aromatic rings. The van der Waals surface area contributed by atoms with Crippen LogP contribution in [0.2, 0.25) is 0 Å². The van der Waals surface area contributed by atoms with Gasteiger partial charge in [-0.3, -0.25) is 4.79 Å². The fourth-order valence-corrected chi connectivity index (χ4v) is 4.55. The van der Waals surface area contributed by atoms with Crippen LogP contribution in [-0.4, -0.2) is 74.0 Å². The Morgan fingerprint density at radius 3 is 2.56 bits per heavy atom. The number of methoxy groups -OCH3 is 1. The highest BCUT2D eigenvalue weighted by Gasteiger charge is 2.21. The fourth-order valence-electron chi connectivity index (χ4n) is 3.62. The Bertz CT molecular complexity index is 999. The van der Waals surface area contributed by atoms with Crippen LogP contribution in [0, 0.1) is 5.92 Å². The first kappa shape index (κ1) is 26.3. The predicted octanol–water partition coefficient (Wildman–Crippen LogP) is 3.15. The fraction of sp³-hybridized carbons (Fsp3) is 0.652. The number of sulfonamides is 1. The topological polar surface area (TPSA) is 84.7 Å². The van der Waals surface area contributed by atoms with Crippen LogP contribution in [0.5, 0.6) is 0 Å². The minimum Gasteiger partial charge on any atom is -0.383 e. The summed E-state index contributed by atoms with van der Waals surface area (Å²) in [6.07, 6.45) is 2.88. The van der Waals surface area contributed by atoms with Crippen LogP contribution in [0.4, 0.5) is 0 Å². The van der Waals surface area contributed by atoms with Crippen molar-refractivity contribution in [2.24, 2.45) is 5.92 Å². The second-order valence-electron chi connectivity index (χ2n) is 8.70. The molecule has 0 bridgehead atoms. The third-order valence-electron chi connectivity index (χ3n) is 5.38. The number of unbranched alkanes of at least 4 members (excludes halogenated alkanes) is 1. The molecular formula is C23H38N4O4S. The Morgan fingerprint density at radius 1 is 1.25 bits per heavy atom. The molecule has 0 aliphatic carbocycles. The number of carbonyl (C=O) groups is 1. The maximum atomic E-state index is 12.9. The van der Waals surface area contributed by atoms with Crippen LogP contribution >= 0.6 is 0 Å². The van der Waals surface area contributed by atoms with Gasteiger partial charge in [-0.15, -0.1) is 0 Å². The minimum absolute atomic E-state index is 0.0840. The normalized spacial score (nSPS) is 12.2. The third kappa shape index (κ3) is 6.52. The summed E-state index contributed by atoms with van der Waals surface area (Å²) in [4.78, 5) is 19.7. The van der Waals surface area contributed by atoms with Gasteiger partial charge in [-0.2, -0.15) is 0 Å². The van der Waals surface area contributed by atoms with Crippen molar-refractivity contribution < 1.29 is 17.9 Å². The monoisotopic (exact) mass is 466 g/mol. The molecule has 0 unspecified atom stereocenters. The summed E-state index contributed by atoms with van der Waals surface area (Å²) in [5.74, 6) is 1.28. The van der Waals surface area contributed by atoms with Gasteiger partial charge in [0.15, 0.2) is 0 Å². The van der Waals surface area contributed by atoms with Gasteiger partial charge in [-0.25, -0.2) is 17.7 Å². The SMILES string of the molecule is CCCCn1c(CCC(=O)N(CCOC)CC(C)C)nc2cc(S(=O)(=O)N(C)C)ccc21. The maximum absolute atomic E-state index is 12.9. The van der Waals surface area contributed by atoms with Crippen LogP contribution < -0.4 is 0 Å². The van der Waals surface area contributed by atoms with E-state index in [1.54, 1.807) is 19.2 Å². The second-order valence-corrected chi connectivity index (χ2v) is 10.8. The lowest BCUT2D eigenvalue weighted by Crippen LogP contribution is -2.37. The molecule has 9 heteroatoms. The van der Waals surface area contributed by atoms with Gasteiger partial charge in [0.25, 0.3) is 0 Å². The molecule has 1 amide bonds. The van der Waals surface area contributed by atoms with E-state index in [-0.39, 0.29) is 10.8 Å². The molecule has 2 rings (SSSR count). The van der Waals surface area contributed by atoms with Gasteiger partial charge in [0.2, 0.25) is 15.9 Å². The number of fused-ring (bicyclic) bond motifs is 1. The van der Waals surface area contributed by atoms with Gasteiger partial charge in [-0.05, 0) is 30.5 Å². The van der Waals surface area contributed by atoms with Crippen molar-refractivity contribution in [3.63, 3.8) is 0 Å². The van der Waals surface area contributed by atoms with E-state index < -0.39 is 10.0 Å². The quantitative estimate of drug-likeness (QED) is 0.453. The summed E-state index contributed by atoms with van der Waals surface area (Å²) in [7, 11) is 1.14. The van der Waals surface area contributed by atoms with Crippen LogP contribution in [0.1, 0.15) is 45.9 Å². The first-order valence-electron chi connectivity index (χ1n) is 11.3. The number of ether oxygens (including phenoxy) is 1. The zero-order chi connectivity index (χ0) is 23.9. The molecule has 32 heavy (non-hydrogen) atoms. The molecule has 0 radical (unpaired) electrons. The van der Waals surface area contributed by atoms with E-state index in [4.69, 9.17) is 9.72 Å². The van der Waals surface area contributed by atoms with Gasteiger partial charge in [0.1, 0.15) is 5.82 Å². The molecule has 0 aliphatic rings. The number of amides is 1. The van der Waals surface area contributed by atoms with E-state index in [0.717, 1.165) is 30.7 Å². The zero-order valence-corrected chi connectivity index (χ0v) is 21.1. The molecule has 8 nitrogen and oxygen atoms in total. The Labute approximate surface area is 192 Å². The molecule has 0 atom stereocenters. The first-order chi connectivity index (χ1) is 15.1. The van der Waals surface area contributed by atoms with Crippen LogP contribution in [0.3, 0.4) is 0 Å². The summed E-state index contributed by atoms with van der Waals surface area (Å²) in [5.41, 5.74) is 1.54. The number of hydrogen-bond acceptors (Lipinski definition) is 5. The molecule has 0 saturated heterocycles. The van der Waals surface area contributed by atoms with Crippen LogP contribution in [-0.2, 0) is 32.5 Å². The van der Waals surface area contributed by atoms with E-state index in [0.29, 0.717) is 44.0 Å². The van der Waals surface area contributed by atoms with E-state index in [1.165, 1.54) is 18.4 Å². The lowest BCUT2D eigenvalue weighted by Gasteiger charge is -2.24. The zero-order valence-electron chi connectivity index (χ0n) is 20.3. The van der Waals surface area contributed by atoms with Gasteiger partial charge in [0, 0.05) is 53.7 Å². The smallest absolute Gasteiger partial charge is 0.242 e. The van der Waals surface area contributed by atoms with E-state index in [1.807, 2.05) is 11.0 Å². The number of hydrogen-bond donors (Lipinski definition) is 0. The molecule has 1 heterocycles. The number of nitrogens with zero attached hydrogens (tertiary/aromatic N) is 4. The van der Waals surface area contributed by atoms with Gasteiger partial charge >= 0.3 is 0 Å². The van der Waals surface area contributed by atoms with Crippen molar-refractivity contribution in [2.45, 2.75) is 57.9 Å². The summed E-state index contributed by atoms with van der Waals surface area (Å²) in [6.45, 7) is 8.88. The average molecular weight is 467 g/mol. The van der Waals surface area contributed by atoms with Crippen LogP contribution in [0.25, 0.3) is 11.0 Å². The maximum Gasteiger partial charge on any atom is 0.242 e. The molecule has 0 fully saturated rings. The number of aryl methyl sites for hydroxylation is 2. The van der Waals surface area contributed by atoms with Gasteiger partial charge < -0.3 is 14.2 Å². The van der Waals surface area contributed by atoms with Gasteiger partial charge in [0.05, 0.1) is 22.5 Å². The summed E-state index contributed by atoms with van der Waals surface area (Å²) >= 11 is 0. The Kier molecular flexibility index (Phi) is 9.66. The van der Waals surface area contributed by atoms with Gasteiger partial charge in [-0.1, -0.05) is 27.2 Å². The molecule has 180 valence electrons. The molecule has 1 aromatic carbocycles. The second kappa shape index (κ2) is 11.8. The van der Waals surface area contributed by atoms with E-state index in [2.05, 4.69) is 25.3 Å². The van der Waals surface area contributed by atoms with Crippen molar-refractivity contribution in [1.29, 1.82) is 0 Å². The third-order valence-corrected chi connectivity index (χ3v) is 7.19. The standard InChI is InChI=1S/C23H38N4O4S/c1-7-8-13-27-21-10-9-19(32(29,30)25(4)5)16-20(21)24-22(27)11-12-23(28)26(14-15-31-6)17-18(2)3/h9-10,16,18H,7-8,11-15,17H2,1-6H3. The number of benzene rings is 1. The number of rotatable bonds is 13. The summed E-state index contributed by atoms with van der Waals surface area (Å²) in [5, 5.41) is 0. The average Bonchev–Trinajstić information content (AvgIpc) is 3.09. The molecular weight excluding hydrogens is 428 g/mol. The number of carbonyl (C=O) groups excluding carboxylic acids is 1. The lowest BCUT2D eigenvalue weighted by atomic mass is 10.2. The largest absolute Gasteiger partial charge is 0.383 e. The lowest BCUT2D eigenvalue weighted by molar-refractivity contribution is -0.132. The Hall–Kier alpha value is -1.97. The van der Waals surface area contributed by atoms with Crippen molar-refractivity contribution in [2.75, 3.05) is 40.9 Å². The van der Waals surface area contributed by atoms with Crippen molar-refractivity contribution in [1.82, 2.24) is 18.8 Å². The molecule has 0 N–H and O–H groups in total.